The Morgan fingerprint density at radius 1 is 1.42 bits per heavy atom. The monoisotopic (exact) mass is 264 g/mol. The fourth-order valence-electron chi connectivity index (χ4n) is 2.27. The minimum Gasteiger partial charge on any atom is -0.445 e. The van der Waals surface area contributed by atoms with Gasteiger partial charge in [0, 0.05) is 25.0 Å². The highest BCUT2D eigenvalue weighted by Crippen LogP contribution is 2.17. The number of benzene rings is 1. The molecule has 0 aliphatic carbocycles. The lowest BCUT2D eigenvalue weighted by Crippen LogP contribution is -2.57. The number of rotatable bonds is 2. The molecule has 1 saturated heterocycles. The van der Waals surface area contributed by atoms with Gasteiger partial charge in [0.25, 0.3) is 0 Å². The van der Waals surface area contributed by atoms with E-state index >= 15 is 0 Å². The number of likely N-dealkylation sites (tertiary alicyclic amines) is 1. The molecule has 0 spiro atoms. The number of nitrogens with zero attached hydrogens (tertiary/aromatic N) is 1. The summed E-state index contributed by atoms with van der Waals surface area (Å²) in [5, 5.41) is 9.75. The number of aliphatic hydroxyl groups excluding tert-OH is 1. The second kappa shape index (κ2) is 6.04. The normalized spacial score (nSPS) is 27.1. The second-order valence-corrected chi connectivity index (χ2v) is 5.08. The van der Waals surface area contributed by atoms with E-state index in [0.29, 0.717) is 13.1 Å². The highest BCUT2D eigenvalue weighted by atomic mass is 16.6. The predicted molar refractivity (Wildman–Crippen MR) is 71.3 cm³/mol. The van der Waals surface area contributed by atoms with E-state index in [1.807, 2.05) is 37.3 Å². The van der Waals surface area contributed by atoms with Crippen LogP contribution in [0.1, 0.15) is 12.5 Å². The summed E-state index contributed by atoms with van der Waals surface area (Å²) >= 11 is 0. The van der Waals surface area contributed by atoms with Gasteiger partial charge in [-0.15, -0.1) is 0 Å². The lowest BCUT2D eigenvalue weighted by Gasteiger charge is -2.37. The van der Waals surface area contributed by atoms with Crippen LogP contribution in [-0.2, 0) is 11.3 Å². The largest absolute Gasteiger partial charge is 0.445 e. The number of hydrogen-bond donors (Lipinski definition) is 2. The van der Waals surface area contributed by atoms with Gasteiger partial charge in [-0.1, -0.05) is 37.3 Å². The number of piperidine rings is 1. The van der Waals surface area contributed by atoms with Crippen LogP contribution in [0.5, 0.6) is 0 Å². The zero-order valence-corrected chi connectivity index (χ0v) is 11.0. The molecule has 5 nitrogen and oxygen atoms in total. The Kier molecular flexibility index (Phi) is 4.39. The molecule has 19 heavy (non-hydrogen) atoms. The molecule has 0 radical (unpaired) electrons. The summed E-state index contributed by atoms with van der Waals surface area (Å²) in [6.45, 7) is 2.94. The number of ether oxygens (including phenoxy) is 1. The van der Waals surface area contributed by atoms with E-state index in [1.54, 1.807) is 4.90 Å². The lowest BCUT2D eigenvalue weighted by atomic mass is 9.93. The molecule has 3 unspecified atom stereocenters. The van der Waals surface area contributed by atoms with Crippen molar-refractivity contribution in [3.8, 4) is 0 Å². The summed E-state index contributed by atoms with van der Waals surface area (Å²) in [4.78, 5) is 13.5. The van der Waals surface area contributed by atoms with Crippen LogP contribution in [0.25, 0.3) is 0 Å². The average molecular weight is 264 g/mol. The predicted octanol–water partition coefficient (Wildman–Crippen LogP) is 0.963. The maximum Gasteiger partial charge on any atom is 0.410 e. The van der Waals surface area contributed by atoms with E-state index in [2.05, 4.69) is 0 Å². The molecule has 1 aliphatic rings. The van der Waals surface area contributed by atoms with Gasteiger partial charge in [0.2, 0.25) is 0 Å². The number of carbonyl (C=O) groups is 1. The minimum absolute atomic E-state index is 0.0342. The summed E-state index contributed by atoms with van der Waals surface area (Å²) < 4.78 is 5.25. The summed E-state index contributed by atoms with van der Waals surface area (Å²) in [5.74, 6) is -0.0342. The molecule has 2 rings (SSSR count). The fraction of sp³-hybridized carbons (Fsp3) is 0.500. The van der Waals surface area contributed by atoms with Gasteiger partial charge in [-0.25, -0.2) is 4.79 Å². The molecule has 1 aromatic rings. The Morgan fingerprint density at radius 3 is 2.74 bits per heavy atom. The SMILES string of the molecule is CC1CN(C(=O)OCc2ccccc2)CC(N)C1O. The number of amides is 1. The van der Waals surface area contributed by atoms with E-state index in [-0.39, 0.29) is 18.6 Å². The molecular formula is C14H20N2O3. The van der Waals surface area contributed by atoms with Crippen LogP contribution in [0, 0.1) is 5.92 Å². The van der Waals surface area contributed by atoms with Crippen molar-refractivity contribution in [2.24, 2.45) is 11.7 Å². The first-order valence-corrected chi connectivity index (χ1v) is 6.47. The van der Waals surface area contributed by atoms with Crippen molar-refractivity contribution in [3.05, 3.63) is 35.9 Å². The van der Waals surface area contributed by atoms with E-state index in [9.17, 15) is 9.90 Å². The summed E-state index contributed by atoms with van der Waals surface area (Å²) in [6, 6.07) is 9.12. The van der Waals surface area contributed by atoms with Gasteiger partial charge in [-0.3, -0.25) is 0 Å². The lowest BCUT2D eigenvalue weighted by molar-refractivity contribution is 0.0112. The maximum absolute atomic E-state index is 11.9. The van der Waals surface area contributed by atoms with E-state index in [4.69, 9.17) is 10.5 Å². The highest BCUT2D eigenvalue weighted by Gasteiger charge is 2.33. The van der Waals surface area contributed by atoms with Gasteiger partial charge >= 0.3 is 6.09 Å². The second-order valence-electron chi connectivity index (χ2n) is 5.08. The third kappa shape index (κ3) is 3.45. The molecule has 3 N–H and O–H groups in total. The first kappa shape index (κ1) is 13.8. The molecule has 1 heterocycles. The molecule has 1 aromatic carbocycles. The molecule has 0 saturated carbocycles. The van der Waals surface area contributed by atoms with Crippen molar-refractivity contribution >= 4 is 6.09 Å². The van der Waals surface area contributed by atoms with E-state index in [1.165, 1.54) is 0 Å². The van der Waals surface area contributed by atoms with Crippen LogP contribution in [0.2, 0.25) is 0 Å². The summed E-state index contributed by atoms with van der Waals surface area (Å²) in [7, 11) is 0. The zero-order chi connectivity index (χ0) is 13.8. The van der Waals surface area contributed by atoms with Crippen molar-refractivity contribution in [1.82, 2.24) is 4.90 Å². The molecule has 3 atom stereocenters. The van der Waals surface area contributed by atoms with Crippen molar-refractivity contribution < 1.29 is 14.6 Å². The van der Waals surface area contributed by atoms with Crippen molar-refractivity contribution in [2.45, 2.75) is 25.7 Å². The number of aliphatic hydroxyl groups is 1. The molecule has 0 bridgehead atoms. The van der Waals surface area contributed by atoms with Gasteiger partial charge in [0.05, 0.1) is 6.10 Å². The quantitative estimate of drug-likeness (QED) is 0.834. The van der Waals surface area contributed by atoms with Crippen molar-refractivity contribution in [3.63, 3.8) is 0 Å². The fourth-order valence-corrected chi connectivity index (χ4v) is 2.27. The molecule has 0 aromatic heterocycles. The topological polar surface area (TPSA) is 75.8 Å². The zero-order valence-electron chi connectivity index (χ0n) is 11.0. The van der Waals surface area contributed by atoms with Crippen LogP contribution in [0.3, 0.4) is 0 Å². The van der Waals surface area contributed by atoms with Crippen LogP contribution in [0.15, 0.2) is 30.3 Å². The van der Waals surface area contributed by atoms with Gasteiger partial charge in [0.15, 0.2) is 0 Å². The molecule has 1 aliphatic heterocycles. The van der Waals surface area contributed by atoms with Crippen LogP contribution < -0.4 is 5.73 Å². The first-order valence-electron chi connectivity index (χ1n) is 6.47. The Balaban J connectivity index is 1.87. The molecular weight excluding hydrogens is 244 g/mol. The third-order valence-electron chi connectivity index (χ3n) is 3.42. The highest BCUT2D eigenvalue weighted by molar-refractivity contribution is 5.68. The van der Waals surface area contributed by atoms with Crippen LogP contribution in [0.4, 0.5) is 4.79 Å². The Hall–Kier alpha value is -1.59. The third-order valence-corrected chi connectivity index (χ3v) is 3.42. The molecule has 104 valence electrons. The standard InChI is InChI=1S/C14H20N2O3/c1-10-7-16(8-12(15)13(10)17)14(18)19-9-11-5-3-2-4-6-11/h2-6,10,12-13,17H,7-9,15H2,1H3. The summed E-state index contributed by atoms with van der Waals surface area (Å²) in [6.07, 6.45) is -0.934. The Morgan fingerprint density at radius 2 is 2.11 bits per heavy atom. The number of hydrogen-bond acceptors (Lipinski definition) is 4. The Labute approximate surface area is 113 Å². The van der Waals surface area contributed by atoms with Crippen LogP contribution in [-0.4, -0.2) is 41.3 Å². The Bertz CT molecular complexity index is 412. The van der Waals surface area contributed by atoms with Gasteiger partial charge in [-0.05, 0) is 5.56 Å². The van der Waals surface area contributed by atoms with Gasteiger partial charge < -0.3 is 20.5 Å². The first-order chi connectivity index (χ1) is 9.08. The molecule has 5 heteroatoms. The summed E-state index contributed by atoms with van der Waals surface area (Å²) in [5.41, 5.74) is 6.75. The maximum atomic E-state index is 11.9. The minimum atomic E-state index is -0.557. The number of carbonyl (C=O) groups excluding carboxylic acids is 1. The van der Waals surface area contributed by atoms with Gasteiger partial charge in [-0.2, -0.15) is 0 Å². The van der Waals surface area contributed by atoms with Gasteiger partial charge in [0.1, 0.15) is 6.61 Å². The molecule has 1 fully saturated rings. The molecule has 1 amide bonds. The van der Waals surface area contributed by atoms with Crippen molar-refractivity contribution in [2.75, 3.05) is 13.1 Å². The van der Waals surface area contributed by atoms with Crippen molar-refractivity contribution in [1.29, 1.82) is 0 Å². The van der Waals surface area contributed by atoms with E-state index < -0.39 is 12.1 Å². The van der Waals surface area contributed by atoms with Crippen LogP contribution >= 0.6 is 0 Å². The average Bonchev–Trinajstić information content (AvgIpc) is 2.42. The smallest absolute Gasteiger partial charge is 0.410 e. The number of nitrogens with two attached hydrogens (primary N) is 1. The van der Waals surface area contributed by atoms with E-state index in [0.717, 1.165) is 5.56 Å².